The van der Waals surface area contributed by atoms with Gasteiger partial charge in [-0.1, -0.05) is 12.1 Å². The topological polar surface area (TPSA) is 37.8 Å². The fourth-order valence-electron chi connectivity index (χ4n) is 1.43. The summed E-state index contributed by atoms with van der Waals surface area (Å²) in [7, 11) is 0. The molecule has 0 amide bonds. The Hall–Kier alpha value is -1.49. The maximum atomic E-state index is 13.0. The van der Waals surface area contributed by atoms with Crippen molar-refractivity contribution < 1.29 is 4.39 Å². The molecule has 0 spiro atoms. The SMILES string of the molecule is Fc1cccc(-c2nsc(NC3CC3)n2)c1. The molecule has 16 heavy (non-hydrogen) atoms. The Morgan fingerprint density at radius 1 is 1.38 bits per heavy atom. The van der Waals surface area contributed by atoms with E-state index in [0.29, 0.717) is 11.9 Å². The van der Waals surface area contributed by atoms with Gasteiger partial charge in [-0.05, 0) is 25.0 Å². The molecule has 0 saturated heterocycles. The molecule has 0 unspecified atom stereocenters. The van der Waals surface area contributed by atoms with Crippen LogP contribution in [-0.4, -0.2) is 15.4 Å². The summed E-state index contributed by atoms with van der Waals surface area (Å²) in [6, 6.07) is 6.90. The van der Waals surface area contributed by atoms with Crippen LogP contribution in [0.15, 0.2) is 24.3 Å². The molecule has 0 radical (unpaired) electrons. The number of aromatic nitrogens is 2. The number of halogens is 1. The maximum absolute atomic E-state index is 13.0. The number of benzene rings is 1. The van der Waals surface area contributed by atoms with Crippen molar-refractivity contribution in [3.8, 4) is 11.4 Å². The molecule has 3 nitrogen and oxygen atoms in total. The lowest BCUT2D eigenvalue weighted by atomic mass is 10.2. The van der Waals surface area contributed by atoms with Crippen molar-refractivity contribution >= 4 is 16.7 Å². The van der Waals surface area contributed by atoms with E-state index in [0.717, 1.165) is 10.7 Å². The zero-order valence-corrected chi connectivity index (χ0v) is 9.30. The van der Waals surface area contributed by atoms with Gasteiger partial charge < -0.3 is 5.32 Å². The average molecular weight is 235 g/mol. The molecule has 0 aliphatic heterocycles. The predicted molar refractivity (Wildman–Crippen MR) is 61.9 cm³/mol. The quantitative estimate of drug-likeness (QED) is 0.888. The number of anilines is 1. The van der Waals surface area contributed by atoms with Gasteiger partial charge in [0.1, 0.15) is 5.82 Å². The number of rotatable bonds is 3. The molecule has 1 heterocycles. The number of hydrogen-bond acceptors (Lipinski definition) is 4. The molecule has 1 aliphatic rings. The summed E-state index contributed by atoms with van der Waals surface area (Å²) in [6.07, 6.45) is 2.41. The Morgan fingerprint density at radius 2 is 2.25 bits per heavy atom. The van der Waals surface area contributed by atoms with Gasteiger partial charge in [-0.15, -0.1) is 0 Å². The van der Waals surface area contributed by atoms with Gasteiger partial charge >= 0.3 is 0 Å². The van der Waals surface area contributed by atoms with E-state index in [2.05, 4.69) is 14.7 Å². The minimum Gasteiger partial charge on any atom is -0.358 e. The van der Waals surface area contributed by atoms with E-state index in [4.69, 9.17) is 0 Å². The third-order valence-electron chi connectivity index (χ3n) is 2.41. The van der Waals surface area contributed by atoms with Gasteiger partial charge in [-0.25, -0.2) is 4.39 Å². The summed E-state index contributed by atoms with van der Waals surface area (Å²) in [6.45, 7) is 0. The molecule has 1 aromatic heterocycles. The maximum Gasteiger partial charge on any atom is 0.203 e. The monoisotopic (exact) mass is 235 g/mol. The summed E-state index contributed by atoms with van der Waals surface area (Å²) in [5.74, 6) is 0.330. The van der Waals surface area contributed by atoms with Crippen molar-refractivity contribution in [2.75, 3.05) is 5.32 Å². The molecule has 2 aromatic rings. The Labute approximate surface area is 96.5 Å². The van der Waals surface area contributed by atoms with Gasteiger partial charge in [0, 0.05) is 23.1 Å². The Morgan fingerprint density at radius 3 is 3.00 bits per heavy atom. The zero-order chi connectivity index (χ0) is 11.0. The number of hydrogen-bond donors (Lipinski definition) is 1. The first-order valence-electron chi connectivity index (χ1n) is 5.17. The second kappa shape index (κ2) is 3.83. The summed E-state index contributed by atoms with van der Waals surface area (Å²) in [5, 5.41) is 4.09. The molecule has 1 saturated carbocycles. The van der Waals surface area contributed by atoms with Crippen LogP contribution in [0.5, 0.6) is 0 Å². The lowest BCUT2D eigenvalue weighted by Gasteiger charge is -1.96. The van der Waals surface area contributed by atoms with Gasteiger partial charge in [-0.2, -0.15) is 9.36 Å². The van der Waals surface area contributed by atoms with E-state index < -0.39 is 0 Å². The van der Waals surface area contributed by atoms with Crippen molar-refractivity contribution in [3.63, 3.8) is 0 Å². The molecular formula is C11H10FN3S. The van der Waals surface area contributed by atoms with Crippen LogP contribution in [0.25, 0.3) is 11.4 Å². The van der Waals surface area contributed by atoms with Gasteiger partial charge in [0.05, 0.1) is 0 Å². The second-order valence-electron chi connectivity index (χ2n) is 3.85. The van der Waals surface area contributed by atoms with Crippen LogP contribution < -0.4 is 5.32 Å². The Bertz CT molecular complexity index is 507. The third kappa shape index (κ3) is 2.04. The highest BCUT2D eigenvalue weighted by Gasteiger charge is 2.22. The lowest BCUT2D eigenvalue weighted by molar-refractivity contribution is 0.628. The zero-order valence-electron chi connectivity index (χ0n) is 8.48. The van der Waals surface area contributed by atoms with Crippen LogP contribution in [0.1, 0.15) is 12.8 Å². The van der Waals surface area contributed by atoms with Crippen molar-refractivity contribution in [1.82, 2.24) is 9.36 Å². The molecule has 5 heteroatoms. The second-order valence-corrected chi connectivity index (χ2v) is 4.60. The first-order chi connectivity index (χ1) is 7.81. The summed E-state index contributed by atoms with van der Waals surface area (Å²) >= 11 is 1.32. The molecule has 1 fully saturated rings. The van der Waals surface area contributed by atoms with Gasteiger partial charge in [0.25, 0.3) is 0 Å². The molecule has 1 aromatic carbocycles. The van der Waals surface area contributed by atoms with Crippen LogP contribution in [0.2, 0.25) is 0 Å². The van der Waals surface area contributed by atoms with E-state index in [-0.39, 0.29) is 5.82 Å². The normalized spacial score (nSPS) is 15.1. The molecule has 1 aliphatic carbocycles. The standard InChI is InChI=1S/C11H10FN3S/c12-8-3-1-2-7(6-8)10-14-11(16-15-10)13-9-4-5-9/h1-3,6,9H,4-5H2,(H,13,14,15). The van der Waals surface area contributed by atoms with Crippen molar-refractivity contribution in [2.24, 2.45) is 0 Å². The molecule has 0 atom stereocenters. The van der Waals surface area contributed by atoms with Crippen molar-refractivity contribution in [1.29, 1.82) is 0 Å². The molecule has 82 valence electrons. The number of nitrogens with zero attached hydrogens (tertiary/aromatic N) is 2. The van der Waals surface area contributed by atoms with Crippen LogP contribution in [0, 0.1) is 5.82 Å². The Balaban J connectivity index is 1.85. The summed E-state index contributed by atoms with van der Waals surface area (Å²) < 4.78 is 17.2. The minimum absolute atomic E-state index is 0.260. The van der Waals surface area contributed by atoms with Crippen molar-refractivity contribution in [2.45, 2.75) is 18.9 Å². The predicted octanol–water partition coefficient (Wildman–Crippen LogP) is 2.92. The fraction of sp³-hybridized carbons (Fsp3) is 0.273. The lowest BCUT2D eigenvalue weighted by Crippen LogP contribution is -1.99. The van der Waals surface area contributed by atoms with Gasteiger partial charge in [0.2, 0.25) is 5.13 Å². The number of nitrogens with one attached hydrogen (secondary N) is 1. The smallest absolute Gasteiger partial charge is 0.203 e. The van der Waals surface area contributed by atoms with E-state index in [1.807, 2.05) is 6.07 Å². The molecular weight excluding hydrogens is 225 g/mol. The van der Waals surface area contributed by atoms with E-state index in [1.54, 1.807) is 6.07 Å². The fourth-order valence-corrected chi connectivity index (χ4v) is 2.10. The highest BCUT2D eigenvalue weighted by molar-refractivity contribution is 7.09. The minimum atomic E-state index is -0.260. The first kappa shape index (κ1) is 9.72. The van der Waals surface area contributed by atoms with Gasteiger partial charge in [-0.3, -0.25) is 0 Å². The van der Waals surface area contributed by atoms with Crippen LogP contribution in [0.4, 0.5) is 9.52 Å². The highest BCUT2D eigenvalue weighted by atomic mass is 32.1. The molecule has 1 N–H and O–H groups in total. The molecule has 3 rings (SSSR count). The van der Waals surface area contributed by atoms with Crippen molar-refractivity contribution in [3.05, 3.63) is 30.1 Å². The van der Waals surface area contributed by atoms with Gasteiger partial charge in [0.15, 0.2) is 5.82 Å². The first-order valence-corrected chi connectivity index (χ1v) is 5.95. The van der Waals surface area contributed by atoms with E-state index >= 15 is 0 Å². The molecule has 0 bridgehead atoms. The van der Waals surface area contributed by atoms with E-state index in [9.17, 15) is 4.39 Å². The van der Waals surface area contributed by atoms with Crippen LogP contribution in [-0.2, 0) is 0 Å². The Kier molecular flexibility index (Phi) is 2.32. The highest BCUT2D eigenvalue weighted by Crippen LogP contribution is 2.27. The van der Waals surface area contributed by atoms with E-state index in [1.165, 1.54) is 36.5 Å². The average Bonchev–Trinajstić information content (AvgIpc) is 2.94. The van der Waals surface area contributed by atoms with Crippen LogP contribution in [0.3, 0.4) is 0 Å². The largest absolute Gasteiger partial charge is 0.358 e. The van der Waals surface area contributed by atoms with Crippen LogP contribution >= 0.6 is 11.5 Å². The third-order valence-corrected chi connectivity index (χ3v) is 3.06. The summed E-state index contributed by atoms with van der Waals surface area (Å²) in [4.78, 5) is 4.33. The summed E-state index contributed by atoms with van der Waals surface area (Å²) in [5.41, 5.74) is 0.722.